The third-order valence-corrected chi connectivity index (χ3v) is 17.5. The van der Waals surface area contributed by atoms with Crippen molar-refractivity contribution < 1.29 is 24.3 Å². The Morgan fingerprint density at radius 3 is 2.31 bits per heavy atom. The molecule has 5 N–H and O–H groups in total. The number of fused-ring (bicyclic) bond motifs is 4. The van der Waals surface area contributed by atoms with E-state index in [4.69, 9.17) is 10.1 Å². The number of nitriles is 1. The lowest BCUT2D eigenvalue weighted by Crippen LogP contribution is -2.59. The molecule has 0 radical (unpaired) electrons. The molecule has 6 aromatic rings. The van der Waals surface area contributed by atoms with Crippen LogP contribution in [-0.2, 0) is 24.6 Å². The molecule has 17 nitrogen and oxygen atoms in total. The maximum atomic E-state index is 14.4. The summed E-state index contributed by atoms with van der Waals surface area (Å²) in [6.07, 6.45) is 7.86. The van der Waals surface area contributed by atoms with Crippen LogP contribution in [0.3, 0.4) is 0 Å². The number of carbonyl (C=O) groups excluding carboxylic acids is 4. The lowest BCUT2D eigenvalue weighted by atomic mass is 9.57. The van der Waals surface area contributed by atoms with E-state index in [0.717, 1.165) is 98.4 Å². The quantitative estimate of drug-likeness (QED) is 0.0811. The largest absolute Gasteiger partial charge is 0.391 e. The van der Waals surface area contributed by atoms with Gasteiger partial charge in [0.25, 0.3) is 0 Å². The van der Waals surface area contributed by atoms with Gasteiger partial charge in [0, 0.05) is 42.9 Å². The highest BCUT2D eigenvalue weighted by molar-refractivity contribution is 7.15. The van der Waals surface area contributed by atoms with E-state index in [1.54, 1.807) is 33.3 Å². The average Bonchev–Trinajstić information content (AvgIpc) is 3.74. The van der Waals surface area contributed by atoms with E-state index >= 15 is 0 Å². The number of aromatic nitrogens is 6. The molecule has 5 aromatic heterocycles. The summed E-state index contributed by atoms with van der Waals surface area (Å²) in [5.41, 5.74) is 8.00. The number of likely N-dealkylation sites (tertiary alicyclic amines) is 1. The highest BCUT2D eigenvalue weighted by Gasteiger charge is 2.55. The summed E-state index contributed by atoms with van der Waals surface area (Å²) in [6.45, 7) is 9.39. The number of carbonyl (C=O) groups is 4. The summed E-state index contributed by atoms with van der Waals surface area (Å²) >= 11 is 3.16. The summed E-state index contributed by atoms with van der Waals surface area (Å²) in [5.74, 6) is -2.39. The first-order valence-corrected chi connectivity index (χ1v) is 26.0. The molecule has 6 heterocycles. The van der Waals surface area contributed by atoms with Crippen LogP contribution in [0.2, 0.25) is 0 Å². The van der Waals surface area contributed by atoms with Crippen LogP contribution in [0.15, 0.2) is 66.4 Å². The fourth-order valence-corrected chi connectivity index (χ4v) is 12.8. The van der Waals surface area contributed by atoms with Crippen molar-refractivity contribution in [3.8, 4) is 38.5 Å². The van der Waals surface area contributed by atoms with Gasteiger partial charge in [-0.05, 0) is 99.6 Å². The summed E-state index contributed by atoms with van der Waals surface area (Å²) in [4.78, 5) is 67.6. The van der Waals surface area contributed by atoms with Gasteiger partial charge in [0.2, 0.25) is 23.6 Å². The molecule has 2 unspecified atom stereocenters. The van der Waals surface area contributed by atoms with Gasteiger partial charge in [0.05, 0.1) is 74.3 Å². The normalized spacial score (nSPS) is 24.5. The molecule has 71 heavy (non-hydrogen) atoms. The second-order valence-corrected chi connectivity index (χ2v) is 22.8. The lowest BCUT2D eigenvalue weighted by Gasteiger charge is -2.52. The highest BCUT2D eigenvalue weighted by atomic mass is 32.1. The van der Waals surface area contributed by atoms with Crippen LogP contribution in [0.25, 0.3) is 37.9 Å². The Hall–Kier alpha value is -6.62. The maximum Gasteiger partial charge on any atom is 0.246 e. The highest BCUT2D eigenvalue weighted by Crippen LogP contribution is 2.55. The molecule has 19 heteroatoms. The molecule has 1 aromatic carbocycles. The minimum atomic E-state index is -0.992. The van der Waals surface area contributed by atoms with Crippen molar-refractivity contribution in [3.05, 3.63) is 88.3 Å². The Balaban J connectivity index is 0.739. The van der Waals surface area contributed by atoms with Crippen molar-refractivity contribution >= 4 is 57.5 Å². The van der Waals surface area contributed by atoms with Gasteiger partial charge in [-0.3, -0.25) is 24.2 Å². The van der Waals surface area contributed by atoms with Gasteiger partial charge in [-0.25, -0.2) is 9.50 Å². The Kier molecular flexibility index (Phi) is 12.5. The van der Waals surface area contributed by atoms with Crippen LogP contribution in [0.4, 0.5) is 5.69 Å². The molecular formula is C52H58N12O5S2. The molecule has 1 saturated heterocycles. The molecule has 4 saturated carbocycles. The van der Waals surface area contributed by atoms with E-state index < -0.39 is 41.3 Å². The molecule has 5 aliphatic rings. The van der Waals surface area contributed by atoms with Crippen molar-refractivity contribution in [3.63, 3.8) is 0 Å². The topological polar surface area (TPSA) is 233 Å². The van der Waals surface area contributed by atoms with Gasteiger partial charge in [-0.2, -0.15) is 10.4 Å². The number of aliphatic hydroxyl groups excluding tert-OH is 1. The summed E-state index contributed by atoms with van der Waals surface area (Å²) in [6, 6.07) is 15.4. The number of benzene rings is 1. The van der Waals surface area contributed by atoms with E-state index in [0.29, 0.717) is 12.0 Å². The second kappa shape index (κ2) is 18.5. The van der Waals surface area contributed by atoms with Crippen LogP contribution in [0, 0.1) is 35.5 Å². The number of rotatable bonds is 13. The van der Waals surface area contributed by atoms with E-state index in [9.17, 15) is 29.5 Å². The number of aryl methyl sites for hydroxylation is 1. The van der Waals surface area contributed by atoms with Gasteiger partial charge in [-0.15, -0.1) is 21.5 Å². The number of nitrogens with zero attached hydrogens (tertiary/aromatic N) is 8. The van der Waals surface area contributed by atoms with E-state index in [2.05, 4.69) is 42.5 Å². The van der Waals surface area contributed by atoms with Crippen molar-refractivity contribution in [1.29, 1.82) is 5.26 Å². The zero-order valence-electron chi connectivity index (χ0n) is 40.7. The molecule has 5 fully saturated rings. The Morgan fingerprint density at radius 2 is 1.63 bits per heavy atom. The van der Waals surface area contributed by atoms with E-state index in [1.165, 1.54) is 11.1 Å². The number of amides is 4. The number of pyridine rings is 1. The molecule has 2 bridgehead atoms. The number of aliphatic hydroxyl groups is 1. The van der Waals surface area contributed by atoms with Gasteiger partial charge in [-0.1, -0.05) is 56.4 Å². The molecular weight excluding hydrogens is 937 g/mol. The van der Waals surface area contributed by atoms with Crippen molar-refractivity contribution in [2.24, 2.45) is 17.3 Å². The number of nitrogens with one attached hydrogen (secondary N) is 4. The molecule has 368 valence electrons. The zero-order valence-corrected chi connectivity index (χ0v) is 42.3. The van der Waals surface area contributed by atoms with Gasteiger partial charge < -0.3 is 31.3 Å². The third-order valence-electron chi connectivity index (χ3n) is 15.3. The summed E-state index contributed by atoms with van der Waals surface area (Å²) in [5, 5.41) is 48.4. The number of hydrogen-bond acceptors (Lipinski definition) is 14. The lowest BCUT2D eigenvalue weighted by molar-refractivity contribution is -0.144. The molecule has 6 atom stereocenters. The SMILES string of the molecule is CNc1cc(-c2ccc3cc(C#N)cnn23)ncc1-c1nnc(C23CCC(NC(=O)C4CC4C(=O)N[C@H](C(=O)N4C[C@H](O)C[C@H]4C(=O)N[C@@H](C)c4ccc(-c5scnc5C)cc4)C(C)(C)C)(CC2)CC3)s1. The number of hydrogen-bond donors (Lipinski definition) is 5. The smallest absolute Gasteiger partial charge is 0.246 e. The van der Waals surface area contributed by atoms with Crippen LogP contribution < -0.4 is 21.3 Å². The van der Waals surface area contributed by atoms with Crippen molar-refractivity contribution in [2.75, 3.05) is 18.9 Å². The summed E-state index contributed by atoms with van der Waals surface area (Å²) < 4.78 is 1.77. The van der Waals surface area contributed by atoms with Crippen LogP contribution >= 0.6 is 22.7 Å². The first-order chi connectivity index (χ1) is 34.0. The van der Waals surface area contributed by atoms with Crippen LogP contribution in [-0.4, -0.2) is 101 Å². The van der Waals surface area contributed by atoms with E-state index in [1.807, 2.05) is 95.8 Å². The number of β-amino-alcohol motifs (C(OH)–C–C–N with tert-alkyl or cyclic N) is 1. The molecule has 11 rings (SSSR count). The third kappa shape index (κ3) is 9.17. The van der Waals surface area contributed by atoms with Crippen molar-refractivity contribution in [2.45, 2.75) is 121 Å². The Bertz CT molecular complexity index is 3070. The Labute approximate surface area is 419 Å². The minimum absolute atomic E-state index is 0.0316. The molecule has 4 amide bonds. The van der Waals surface area contributed by atoms with Gasteiger partial charge in [0.15, 0.2) is 5.01 Å². The minimum Gasteiger partial charge on any atom is -0.391 e. The average molecular weight is 995 g/mol. The predicted octanol–water partition coefficient (Wildman–Crippen LogP) is 6.73. The first kappa shape index (κ1) is 48.0. The first-order valence-electron chi connectivity index (χ1n) is 24.3. The summed E-state index contributed by atoms with van der Waals surface area (Å²) in [7, 11) is 1.86. The molecule has 0 spiro atoms. The second-order valence-electron chi connectivity index (χ2n) is 21.0. The van der Waals surface area contributed by atoms with Crippen LogP contribution in [0.5, 0.6) is 0 Å². The maximum absolute atomic E-state index is 14.4. The molecule has 1 aliphatic heterocycles. The Morgan fingerprint density at radius 1 is 0.901 bits per heavy atom. The standard InChI is InChI=1S/C52H58N12O5S2/c1-28(31-7-9-32(10-8-31)42-29(2)56-27-70-42)58-46(68)41-20-34(65)26-63(41)48(69)43(50(3,4)5)59-44(66)35-21-36(35)45(67)60-52-16-13-51(14-17-52,15-18-52)49-62-61-47(71-49)37-25-55-39(22-38(37)54-6)40-12-11-33-19-30(23-53)24-57-64(33)40/h7-12,19,22,24-25,27-28,34-36,41,43,65H,13-18,20-21,26H2,1-6H3,(H,54,55)(H,58,68)(H,59,66)(H,60,67)/t28-,34+,35?,36?,41-,43+,51?,52?/m0/s1. The van der Waals surface area contributed by atoms with Gasteiger partial charge >= 0.3 is 0 Å². The number of anilines is 1. The predicted molar refractivity (Wildman–Crippen MR) is 270 cm³/mol. The fraction of sp³-hybridized carbons (Fsp3) is 0.462. The van der Waals surface area contributed by atoms with E-state index in [-0.39, 0.29) is 47.7 Å². The van der Waals surface area contributed by atoms with Crippen molar-refractivity contribution in [1.82, 2.24) is 50.6 Å². The van der Waals surface area contributed by atoms with Crippen LogP contribution in [0.1, 0.15) is 107 Å². The monoisotopic (exact) mass is 994 g/mol. The zero-order chi connectivity index (χ0) is 50.0. The molecule has 4 aliphatic carbocycles. The number of thiazole rings is 1. The van der Waals surface area contributed by atoms with Gasteiger partial charge in [0.1, 0.15) is 23.2 Å². The fourth-order valence-electron chi connectivity index (χ4n) is 10.9.